The van der Waals surface area contributed by atoms with Crippen LogP contribution in [-0.4, -0.2) is 46.1 Å². The van der Waals surface area contributed by atoms with Crippen LogP contribution in [0.3, 0.4) is 0 Å². The van der Waals surface area contributed by atoms with E-state index in [0.29, 0.717) is 29.7 Å². The normalized spacial score (nSPS) is 13.4. The van der Waals surface area contributed by atoms with Crippen LogP contribution in [0.4, 0.5) is 4.39 Å². The lowest BCUT2D eigenvalue weighted by atomic mass is 9.93. The lowest BCUT2D eigenvalue weighted by molar-refractivity contribution is -0.00397. The van der Waals surface area contributed by atoms with Gasteiger partial charge in [0.25, 0.3) is 0 Å². The van der Waals surface area contributed by atoms with E-state index < -0.39 is 12.1 Å². The number of aryl methyl sites for hydroxylation is 1. The second-order valence-corrected chi connectivity index (χ2v) is 10.1. The van der Waals surface area contributed by atoms with Crippen LogP contribution in [0, 0.1) is 12.7 Å². The number of hydrogen-bond acceptors (Lipinski definition) is 5. The van der Waals surface area contributed by atoms with Gasteiger partial charge >= 0.3 is 5.97 Å². The van der Waals surface area contributed by atoms with Crippen LogP contribution < -0.4 is 5.32 Å². The zero-order valence-electron chi connectivity index (χ0n) is 21.8. The minimum Gasteiger partial charge on any atom is -0.478 e. The van der Waals surface area contributed by atoms with Crippen molar-refractivity contribution in [2.45, 2.75) is 58.5 Å². The molecular formula is C30H36FNO5. The summed E-state index contributed by atoms with van der Waals surface area (Å²) in [5.74, 6) is -1.32. The van der Waals surface area contributed by atoms with E-state index >= 15 is 0 Å². The molecule has 7 heteroatoms. The quantitative estimate of drug-likeness (QED) is 0.273. The lowest BCUT2D eigenvalue weighted by Gasteiger charge is -2.28. The molecule has 3 aromatic carbocycles. The molecule has 2 atom stereocenters. The van der Waals surface area contributed by atoms with Crippen molar-refractivity contribution in [3.8, 4) is 11.1 Å². The first-order valence-corrected chi connectivity index (χ1v) is 12.4. The summed E-state index contributed by atoms with van der Waals surface area (Å²) in [7, 11) is 0. The van der Waals surface area contributed by atoms with Gasteiger partial charge in [-0.15, -0.1) is 0 Å². The van der Waals surface area contributed by atoms with Crippen molar-refractivity contribution in [3.05, 3.63) is 94.3 Å². The molecule has 0 aliphatic heterocycles. The van der Waals surface area contributed by atoms with E-state index in [1.807, 2.05) is 51.1 Å². The number of carbonyl (C=O) groups is 1. The Labute approximate surface area is 217 Å². The number of aliphatic hydroxyl groups is 2. The molecule has 198 valence electrons. The number of aromatic carboxylic acids is 1. The first kappa shape index (κ1) is 28.5. The van der Waals surface area contributed by atoms with Crippen LogP contribution in [0.5, 0.6) is 0 Å². The van der Waals surface area contributed by atoms with Crippen molar-refractivity contribution in [3.63, 3.8) is 0 Å². The summed E-state index contributed by atoms with van der Waals surface area (Å²) < 4.78 is 19.9. The monoisotopic (exact) mass is 509 g/mol. The Kier molecular flexibility index (Phi) is 9.56. The van der Waals surface area contributed by atoms with Crippen LogP contribution in [0.1, 0.15) is 59.5 Å². The molecule has 0 aliphatic rings. The van der Waals surface area contributed by atoms with Crippen molar-refractivity contribution < 1.29 is 29.2 Å². The predicted octanol–water partition coefficient (Wildman–Crippen LogP) is 5.04. The van der Waals surface area contributed by atoms with E-state index in [-0.39, 0.29) is 36.2 Å². The van der Waals surface area contributed by atoms with Crippen molar-refractivity contribution in [1.82, 2.24) is 5.32 Å². The smallest absolute Gasteiger partial charge is 0.336 e. The average molecular weight is 510 g/mol. The van der Waals surface area contributed by atoms with Gasteiger partial charge in [-0.05, 0) is 79.6 Å². The number of halogens is 1. The van der Waals surface area contributed by atoms with Gasteiger partial charge in [-0.25, -0.2) is 9.18 Å². The number of β-amino-alcohol motifs (C(OH)–C–C–N with tert-alkyl or cyclic N) is 1. The van der Waals surface area contributed by atoms with Crippen molar-refractivity contribution in [1.29, 1.82) is 0 Å². The molecule has 0 radical (unpaired) electrons. The number of aliphatic hydroxyl groups excluding tert-OH is 2. The molecule has 0 amide bonds. The molecule has 0 bridgehead atoms. The molecule has 3 aromatic rings. The largest absolute Gasteiger partial charge is 0.478 e. The molecule has 4 N–H and O–H groups in total. The molecule has 0 saturated heterocycles. The molecule has 0 aromatic heterocycles. The fourth-order valence-electron chi connectivity index (χ4n) is 4.31. The summed E-state index contributed by atoms with van der Waals surface area (Å²) in [6, 6.07) is 17.7. The van der Waals surface area contributed by atoms with E-state index in [2.05, 4.69) is 5.32 Å². The Morgan fingerprint density at radius 2 is 1.84 bits per heavy atom. The number of nitrogens with one attached hydrogen (secondary N) is 1. The van der Waals surface area contributed by atoms with Gasteiger partial charge in [0.2, 0.25) is 0 Å². The standard InChI is InChI=1S/C30H36FNO5/c1-19-9-10-21(13-28(19)31)15-30(3,4)32-16-24(34)18-37-20(2)25-7-5-6-8-26(25)22-11-12-23(17-33)27(14-22)29(35)36/h5-14,20,24,32-34H,15-18H2,1-4H3,(H,35,36)/t20?,24-/m0/s1. The summed E-state index contributed by atoms with van der Waals surface area (Å²) in [6.07, 6.45) is -0.513. The highest BCUT2D eigenvalue weighted by molar-refractivity contribution is 5.91. The third kappa shape index (κ3) is 7.69. The summed E-state index contributed by atoms with van der Waals surface area (Å²) >= 11 is 0. The zero-order valence-corrected chi connectivity index (χ0v) is 21.8. The van der Waals surface area contributed by atoms with Crippen molar-refractivity contribution >= 4 is 5.97 Å². The Hall–Kier alpha value is -3.10. The maximum atomic E-state index is 13.9. The number of benzene rings is 3. The summed E-state index contributed by atoms with van der Waals surface area (Å²) in [5.41, 5.74) is 3.93. The van der Waals surface area contributed by atoms with Gasteiger partial charge in [-0.1, -0.05) is 48.5 Å². The van der Waals surface area contributed by atoms with Crippen LogP contribution in [0.15, 0.2) is 60.7 Å². The first-order chi connectivity index (χ1) is 17.5. The van der Waals surface area contributed by atoms with E-state index in [9.17, 15) is 24.5 Å². The van der Waals surface area contributed by atoms with Gasteiger partial charge in [0.15, 0.2) is 0 Å². The number of carboxylic acids is 1. The SMILES string of the molecule is Cc1ccc(CC(C)(C)NC[C@H](O)COC(C)c2ccccc2-c2ccc(CO)c(C(=O)O)c2)cc1F. The number of rotatable bonds is 12. The number of ether oxygens (including phenoxy) is 1. The van der Waals surface area contributed by atoms with Crippen molar-refractivity contribution in [2.75, 3.05) is 13.2 Å². The van der Waals surface area contributed by atoms with Gasteiger partial charge in [0.05, 0.1) is 31.0 Å². The number of hydrogen-bond donors (Lipinski definition) is 4. The van der Waals surface area contributed by atoms with Gasteiger partial charge in [-0.3, -0.25) is 0 Å². The highest BCUT2D eigenvalue weighted by atomic mass is 19.1. The number of carboxylic acid groups (broad SMARTS) is 1. The highest BCUT2D eigenvalue weighted by Gasteiger charge is 2.21. The second-order valence-electron chi connectivity index (χ2n) is 10.1. The molecular weight excluding hydrogens is 473 g/mol. The van der Waals surface area contributed by atoms with Gasteiger partial charge in [0.1, 0.15) is 5.82 Å². The Balaban J connectivity index is 1.61. The van der Waals surface area contributed by atoms with Gasteiger partial charge < -0.3 is 25.4 Å². The Morgan fingerprint density at radius 1 is 1.11 bits per heavy atom. The van der Waals surface area contributed by atoms with Crippen molar-refractivity contribution in [2.24, 2.45) is 0 Å². The molecule has 6 nitrogen and oxygen atoms in total. The first-order valence-electron chi connectivity index (χ1n) is 12.4. The summed E-state index contributed by atoms with van der Waals surface area (Å²) in [5, 5.41) is 32.9. The Morgan fingerprint density at radius 3 is 2.51 bits per heavy atom. The summed E-state index contributed by atoms with van der Waals surface area (Å²) in [4.78, 5) is 11.6. The van der Waals surface area contributed by atoms with Gasteiger partial charge in [-0.2, -0.15) is 0 Å². The summed E-state index contributed by atoms with van der Waals surface area (Å²) in [6.45, 7) is 7.68. The topological polar surface area (TPSA) is 99.0 Å². The maximum Gasteiger partial charge on any atom is 0.336 e. The van der Waals surface area contributed by atoms with Gasteiger partial charge in [0, 0.05) is 12.1 Å². The van der Waals surface area contributed by atoms with E-state index in [4.69, 9.17) is 4.74 Å². The molecule has 0 spiro atoms. The molecule has 0 heterocycles. The third-order valence-corrected chi connectivity index (χ3v) is 6.46. The van der Waals surface area contributed by atoms with Crippen LogP contribution in [0.25, 0.3) is 11.1 Å². The lowest BCUT2D eigenvalue weighted by Crippen LogP contribution is -2.46. The molecule has 1 unspecified atom stereocenters. The molecule has 37 heavy (non-hydrogen) atoms. The zero-order chi connectivity index (χ0) is 27.2. The molecule has 0 fully saturated rings. The predicted molar refractivity (Wildman–Crippen MR) is 142 cm³/mol. The highest BCUT2D eigenvalue weighted by Crippen LogP contribution is 2.31. The Bertz CT molecular complexity index is 1230. The maximum absolute atomic E-state index is 13.9. The minimum absolute atomic E-state index is 0.0564. The van der Waals surface area contributed by atoms with Crippen LogP contribution in [0.2, 0.25) is 0 Å². The van der Waals surface area contributed by atoms with E-state index in [1.165, 1.54) is 0 Å². The minimum atomic E-state index is -1.10. The van der Waals surface area contributed by atoms with E-state index in [0.717, 1.165) is 16.7 Å². The fraction of sp³-hybridized carbons (Fsp3) is 0.367. The second kappa shape index (κ2) is 12.4. The van der Waals surface area contributed by atoms with E-state index in [1.54, 1.807) is 37.3 Å². The molecule has 0 aliphatic carbocycles. The van der Waals surface area contributed by atoms with Crippen LogP contribution >= 0.6 is 0 Å². The molecule has 3 rings (SSSR count). The van der Waals surface area contributed by atoms with Crippen LogP contribution in [-0.2, 0) is 17.8 Å². The fourth-order valence-corrected chi connectivity index (χ4v) is 4.31. The third-order valence-electron chi connectivity index (χ3n) is 6.46. The molecule has 0 saturated carbocycles. The average Bonchev–Trinajstić information content (AvgIpc) is 2.87.